The highest BCUT2D eigenvalue weighted by Crippen LogP contribution is 2.38. The van der Waals surface area contributed by atoms with Crippen LogP contribution in [-0.2, 0) is 7.05 Å². The van der Waals surface area contributed by atoms with Gasteiger partial charge in [0, 0.05) is 29.7 Å². The summed E-state index contributed by atoms with van der Waals surface area (Å²) < 4.78 is 3.12. The maximum Gasteiger partial charge on any atom is 0.0527 e. The lowest BCUT2D eigenvalue weighted by Gasteiger charge is -2.32. The van der Waals surface area contributed by atoms with E-state index < -0.39 is 0 Å². The van der Waals surface area contributed by atoms with Crippen molar-refractivity contribution >= 4 is 15.9 Å². The van der Waals surface area contributed by atoms with E-state index in [2.05, 4.69) is 63.7 Å². The first kappa shape index (κ1) is 13.8. The van der Waals surface area contributed by atoms with Gasteiger partial charge >= 0.3 is 0 Å². The minimum absolute atomic E-state index is 0.528. The molecule has 1 aliphatic rings. The van der Waals surface area contributed by atoms with E-state index in [1.807, 2.05) is 11.7 Å². The van der Waals surface area contributed by atoms with Crippen molar-refractivity contribution in [2.24, 2.45) is 7.05 Å². The number of nitrogens with zero attached hydrogens (tertiary/aromatic N) is 2. The summed E-state index contributed by atoms with van der Waals surface area (Å²) in [5.74, 6) is 1.09. The van der Waals surface area contributed by atoms with Crippen LogP contribution in [0.25, 0.3) is 0 Å². The van der Waals surface area contributed by atoms with Crippen molar-refractivity contribution in [1.29, 1.82) is 0 Å². The van der Waals surface area contributed by atoms with Crippen LogP contribution in [0.4, 0.5) is 0 Å². The summed E-state index contributed by atoms with van der Waals surface area (Å²) in [6, 6.07) is 8.75. The molecule has 2 aromatic rings. The van der Waals surface area contributed by atoms with Crippen LogP contribution in [-0.4, -0.2) is 22.9 Å². The Morgan fingerprint density at radius 1 is 1.25 bits per heavy atom. The van der Waals surface area contributed by atoms with Gasteiger partial charge in [0.15, 0.2) is 0 Å². The van der Waals surface area contributed by atoms with Gasteiger partial charge in [-0.1, -0.05) is 28.1 Å². The van der Waals surface area contributed by atoms with Crippen molar-refractivity contribution in [3.05, 3.63) is 51.8 Å². The second-order valence-electron chi connectivity index (χ2n) is 5.57. The zero-order valence-electron chi connectivity index (χ0n) is 11.9. The first-order valence-electron chi connectivity index (χ1n) is 7.11. The Bertz CT molecular complexity index is 588. The molecule has 0 aliphatic carbocycles. The third-order valence-electron chi connectivity index (χ3n) is 4.45. The number of hydrogen-bond donors (Lipinski definition) is 1. The molecule has 3 nitrogen and oxygen atoms in total. The highest BCUT2D eigenvalue weighted by atomic mass is 79.9. The molecular weight excluding hydrogens is 314 g/mol. The van der Waals surface area contributed by atoms with Gasteiger partial charge in [0.2, 0.25) is 0 Å². The van der Waals surface area contributed by atoms with E-state index >= 15 is 0 Å². The second-order valence-corrected chi connectivity index (χ2v) is 6.48. The number of nitrogens with one attached hydrogen (secondary N) is 1. The van der Waals surface area contributed by atoms with E-state index in [1.165, 1.54) is 23.2 Å². The lowest BCUT2D eigenvalue weighted by molar-refractivity contribution is 0.402. The van der Waals surface area contributed by atoms with Crippen LogP contribution < -0.4 is 5.32 Å². The summed E-state index contributed by atoms with van der Waals surface area (Å²) in [7, 11) is 2.02. The van der Waals surface area contributed by atoms with E-state index in [1.54, 1.807) is 0 Å². The molecule has 2 heterocycles. The molecule has 2 atom stereocenters. The highest BCUT2D eigenvalue weighted by Gasteiger charge is 2.29. The summed E-state index contributed by atoms with van der Waals surface area (Å²) in [4.78, 5) is 0. The molecule has 1 N–H and O–H groups in total. The molecule has 20 heavy (non-hydrogen) atoms. The molecule has 1 saturated heterocycles. The van der Waals surface area contributed by atoms with Crippen molar-refractivity contribution < 1.29 is 0 Å². The number of halogens is 1. The molecule has 1 aromatic heterocycles. The molecule has 0 bridgehead atoms. The van der Waals surface area contributed by atoms with Gasteiger partial charge in [-0.15, -0.1) is 0 Å². The fraction of sp³-hybridized carbons (Fsp3) is 0.438. The minimum atomic E-state index is 0.528. The van der Waals surface area contributed by atoms with Crippen LogP contribution in [0.5, 0.6) is 0 Å². The van der Waals surface area contributed by atoms with Crippen molar-refractivity contribution in [1.82, 2.24) is 15.1 Å². The number of benzene rings is 1. The van der Waals surface area contributed by atoms with Crippen molar-refractivity contribution in [3.63, 3.8) is 0 Å². The molecule has 1 fully saturated rings. The van der Waals surface area contributed by atoms with Gasteiger partial charge in [0.05, 0.1) is 6.20 Å². The Kier molecular flexibility index (Phi) is 3.94. The van der Waals surface area contributed by atoms with E-state index in [0.29, 0.717) is 11.8 Å². The molecule has 0 saturated carbocycles. The van der Waals surface area contributed by atoms with Crippen molar-refractivity contribution in [2.45, 2.75) is 25.2 Å². The Hall–Kier alpha value is -1.13. The first-order valence-corrected chi connectivity index (χ1v) is 7.91. The first-order chi connectivity index (χ1) is 9.66. The van der Waals surface area contributed by atoms with Crippen LogP contribution in [0, 0.1) is 6.92 Å². The second kappa shape index (κ2) is 5.70. The molecular formula is C16H20BrN3. The molecule has 106 valence electrons. The van der Waals surface area contributed by atoms with Gasteiger partial charge in [-0.3, -0.25) is 4.68 Å². The smallest absolute Gasteiger partial charge is 0.0527 e. The monoisotopic (exact) mass is 333 g/mol. The minimum Gasteiger partial charge on any atom is -0.316 e. The topological polar surface area (TPSA) is 29.9 Å². The van der Waals surface area contributed by atoms with E-state index in [0.717, 1.165) is 17.6 Å². The number of rotatable bonds is 2. The maximum atomic E-state index is 4.42. The van der Waals surface area contributed by atoms with Crippen LogP contribution in [0.15, 0.2) is 34.9 Å². The lowest BCUT2D eigenvalue weighted by Crippen LogP contribution is -2.34. The zero-order chi connectivity index (χ0) is 14.1. The maximum absolute atomic E-state index is 4.42. The number of hydrogen-bond acceptors (Lipinski definition) is 2. The number of aromatic nitrogens is 2. The van der Waals surface area contributed by atoms with Crippen molar-refractivity contribution in [3.8, 4) is 0 Å². The Morgan fingerprint density at radius 2 is 2.00 bits per heavy atom. The Morgan fingerprint density at radius 3 is 2.65 bits per heavy atom. The molecule has 1 aromatic carbocycles. The van der Waals surface area contributed by atoms with Gasteiger partial charge in [0.25, 0.3) is 0 Å². The van der Waals surface area contributed by atoms with E-state index in [9.17, 15) is 0 Å². The fourth-order valence-corrected chi connectivity index (χ4v) is 3.43. The van der Waals surface area contributed by atoms with Crippen LogP contribution >= 0.6 is 15.9 Å². The molecule has 4 heteroatoms. The van der Waals surface area contributed by atoms with Gasteiger partial charge in [0.1, 0.15) is 0 Å². The molecule has 0 amide bonds. The van der Waals surface area contributed by atoms with Crippen LogP contribution in [0.1, 0.15) is 35.1 Å². The largest absolute Gasteiger partial charge is 0.316 e. The standard InChI is InChI=1S/C16H20BrN3/c1-11-15(10-19-20(11)2)14-7-8-18-9-16(14)12-3-5-13(17)6-4-12/h3-6,10,14,16,18H,7-9H2,1-2H3. The van der Waals surface area contributed by atoms with Gasteiger partial charge in [-0.05, 0) is 49.1 Å². The van der Waals surface area contributed by atoms with Crippen LogP contribution in [0.3, 0.4) is 0 Å². The van der Waals surface area contributed by atoms with Gasteiger partial charge in [-0.25, -0.2) is 0 Å². The van der Waals surface area contributed by atoms with E-state index in [-0.39, 0.29) is 0 Å². The molecule has 2 unspecified atom stereocenters. The number of aryl methyl sites for hydroxylation is 1. The molecule has 1 aliphatic heterocycles. The lowest BCUT2D eigenvalue weighted by atomic mass is 9.77. The highest BCUT2D eigenvalue weighted by molar-refractivity contribution is 9.10. The summed E-state index contributed by atoms with van der Waals surface area (Å²) in [5.41, 5.74) is 4.11. The quantitative estimate of drug-likeness (QED) is 0.913. The number of piperidine rings is 1. The third-order valence-corrected chi connectivity index (χ3v) is 4.98. The Labute approximate surface area is 128 Å². The molecule has 3 rings (SSSR count). The summed E-state index contributed by atoms with van der Waals surface area (Å²) in [5, 5.41) is 7.96. The average Bonchev–Trinajstić information content (AvgIpc) is 2.80. The zero-order valence-corrected chi connectivity index (χ0v) is 13.5. The summed E-state index contributed by atoms with van der Waals surface area (Å²) >= 11 is 3.52. The van der Waals surface area contributed by atoms with Crippen LogP contribution in [0.2, 0.25) is 0 Å². The molecule has 0 spiro atoms. The summed E-state index contributed by atoms with van der Waals surface area (Å²) in [6.45, 7) is 4.30. The summed E-state index contributed by atoms with van der Waals surface area (Å²) in [6.07, 6.45) is 3.23. The normalized spacial score (nSPS) is 22.9. The predicted molar refractivity (Wildman–Crippen MR) is 85.1 cm³/mol. The van der Waals surface area contributed by atoms with Gasteiger partial charge in [-0.2, -0.15) is 5.10 Å². The van der Waals surface area contributed by atoms with Gasteiger partial charge < -0.3 is 5.32 Å². The third kappa shape index (κ3) is 2.54. The van der Waals surface area contributed by atoms with E-state index in [4.69, 9.17) is 0 Å². The SMILES string of the molecule is Cc1c(C2CCNCC2c2ccc(Br)cc2)cnn1C. The average molecular weight is 334 g/mol. The fourth-order valence-electron chi connectivity index (χ4n) is 3.17. The predicted octanol–water partition coefficient (Wildman–Crippen LogP) is 3.35. The molecule has 0 radical (unpaired) electrons. The van der Waals surface area contributed by atoms with Crippen molar-refractivity contribution in [2.75, 3.05) is 13.1 Å². The Balaban J connectivity index is 1.95.